The molecule has 0 aliphatic rings. The van der Waals surface area contributed by atoms with Crippen LogP contribution in [0.3, 0.4) is 0 Å². The van der Waals surface area contributed by atoms with E-state index in [1.165, 1.54) is 65.9 Å². The van der Waals surface area contributed by atoms with E-state index in [2.05, 4.69) is 103 Å². The van der Waals surface area contributed by atoms with E-state index in [0.29, 0.717) is 0 Å². The summed E-state index contributed by atoms with van der Waals surface area (Å²) >= 11 is 0. The first kappa shape index (κ1) is 17.7. The first-order chi connectivity index (χ1) is 15.6. The Morgan fingerprint density at radius 2 is 1.47 bits per heavy atom. The molecule has 0 aliphatic carbocycles. The molecule has 3 nitrogen and oxygen atoms in total. The number of hydrogen-bond donors (Lipinski definition) is 0. The number of fused-ring (bicyclic) bond motifs is 5. The van der Waals surface area contributed by atoms with Crippen LogP contribution in [0.2, 0.25) is 0 Å². The zero-order valence-electron chi connectivity index (χ0n) is 18.3. The van der Waals surface area contributed by atoms with E-state index in [1.807, 2.05) is 6.33 Å². The van der Waals surface area contributed by atoms with Crippen molar-refractivity contribution in [1.82, 2.24) is 9.38 Å². The van der Waals surface area contributed by atoms with Crippen LogP contribution >= 0.6 is 0 Å². The molecule has 0 saturated carbocycles. The maximum atomic E-state index is 4.86. The van der Waals surface area contributed by atoms with Gasteiger partial charge in [0, 0.05) is 27.4 Å². The summed E-state index contributed by atoms with van der Waals surface area (Å²) in [6.45, 7) is 4.44. The molecule has 32 heavy (non-hydrogen) atoms. The molecule has 0 fully saturated rings. The zero-order chi connectivity index (χ0) is 21.6. The van der Waals surface area contributed by atoms with Crippen LogP contribution in [0.15, 0.2) is 79.1 Å². The van der Waals surface area contributed by atoms with Gasteiger partial charge in [0.1, 0.15) is 5.69 Å². The van der Waals surface area contributed by atoms with Crippen LogP contribution in [0.25, 0.3) is 60.1 Å². The van der Waals surface area contributed by atoms with Gasteiger partial charge in [-0.05, 0) is 41.7 Å². The second kappa shape index (κ2) is 6.04. The van der Waals surface area contributed by atoms with Crippen LogP contribution < -0.4 is 4.57 Å². The molecular weight excluding hydrogens is 390 g/mol. The average Bonchev–Trinajstić information content (AvgIpc) is 3.31. The van der Waals surface area contributed by atoms with Gasteiger partial charge in [0.05, 0.1) is 29.0 Å². The number of nitrogens with zero attached hydrogens (tertiary/aromatic N) is 3. The molecule has 3 heterocycles. The minimum absolute atomic E-state index is 1.07. The second-order valence-electron chi connectivity index (χ2n) is 8.84. The van der Waals surface area contributed by atoms with Gasteiger partial charge in [0.15, 0.2) is 5.52 Å². The Morgan fingerprint density at radius 1 is 0.750 bits per heavy atom. The number of aromatic nitrogens is 3. The van der Waals surface area contributed by atoms with E-state index in [1.54, 1.807) is 0 Å². The van der Waals surface area contributed by atoms with Crippen molar-refractivity contribution in [3.8, 4) is 11.3 Å². The summed E-state index contributed by atoms with van der Waals surface area (Å²) in [6, 6.07) is 26.3. The summed E-state index contributed by atoms with van der Waals surface area (Å²) in [6.07, 6.45) is 1.96. The third-order valence-corrected chi connectivity index (χ3v) is 7.14. The van der Waals surface area contributed by atoms with E-state index >= 15 is 0 Å². The SMILES string of the molecule is Cc1c2ccccc2cc2c(-c3c(C)n4c5ccccc5c5cccc3c54)[n+](C)cnc12. The van der Waals surface area contributed by atoms with E-state index in [4.69, 9.17) is 4.98 Å². The zero-order valence-corrected chi connectivity index (χ0v) is 18.3. The Morgan fingerprint density at radius 3 is 2.34 bits per heavy atom. The largest absolute Gasteiger partial charge is 0.312 e. The average molecular weight is 413 g/mol. The quantitative estimate of drug-likeness (QED) is 0.223. The first-order valence-corrected chi connectivity index (χ1v) is 11.1. The molecule has 7 aromatic rings. The van der Waals surface area contributed by atoms with Crippen LogP contribution in [-0.2, 0) is 7.05 Å². The Labute approximate surface area is 185 Å². The van der Waals surface area contributed by atoms with Crippen molar-refractivity contribution in [3.63, 3.8) is 0 Å². The third-order valence-electron chi connectivity index (χ3n) is 7.14. The Kier molecular flexibility index (Phi) is 3.34. The van der Waals surface area contributed by atoms with E-state index in [-0.39, 0.29) is 0 Å². The lowest BCUT2D eigenvalue weighted by Gasteiger charge is -2.10. The molecule has 0 bridgehead atoms. The van der Waals surface area contributed by atoms with E-state index in [0.717, 1.165) is 5.52 Å². The minimum atomic E-state index is 1.07. The van der Waals surface area contributed by atoms with E-state index < -0.39 is 0 Å². The number of aryl methyl sites for hydroxylation is 3. The molecule has 0 radical (unpaired) electrons. The maximum Gasteiger partial charge on any atom is 0.287 e. The standard InChI is InChI=1S/C29H22N3/c1-17-20-10-5-4-9-19(20)15-24-27(17)30-16-31(3)29(24)26-18(2)32-25-14-7-6-11-21(25)22-12-8-13-23(26)28(22)32/h4-16H,1-3H3/q+1. The molecule has 7 rings (SSSR count). The summed E-state index contributed by atoms with van der Waals surface area (Å²) in [5.41, 5.74) is 8.67. The predicted octanol–water partition coefficient (Wildman–Crippen LogP) is 6.49. The number of para-hydroxylation sites is 2. The first-order valence-electron chi connectivity index (χ1n) is 11.1. The highest BCUT2D eigenvalue weighted by atomic mass is 15.0. The monoisotopic (exact) mass is 412 g/mol. The highest BCUT2D eigenvalue weighted by Gasteiger charge is 2.26. The predicted molar refractivity (Wildman–Crippen MR) is 132 cm³/mol. The second-order valence-corrected chi connectivity index (χ2v) is 8.84. The fourth-order valence-electron chi connectivity index (χ4n) is 5.74. The van der Waals surface area contributed by atoms with Crippen LogP contribution in [0.1, 0.15) is 11.3 Å². The van der Waals surface area contributed by atoms with Gasteiger partial charge in [-0.2, -0.15) is 0 Å². The number of rotatable bonds is 1. The number of benzene rings is 4. The molecule has 0 N–H and O–H groups in total. The van der Waals surface area contributed by atoms with Crippen LogP contribution in [0.5, 0.6) is 0 Å². The topological polar surface area (TPSA) is 21.2 Å². The minimum Gasteiger partial charge on any atom is -0.312 e. The van der Waals surface area contributed by atoms with Gasteiger partial charge in [-0.15, -0.1) is 0 Å². The normalized spacial score (nSPS) is 12.2. The molecule has 3 aromatic heterocycles. The van der Waals surface area contributed by atoms with Crippen molar-refractivity contribution >= 4 is 48.9 Å². The molecule has 0 unspecified atom stereocenters. The Balaban J connectivity index is 1.71. The smallest absolute Gasteiger partial charge is 0.287 e. The fourth-order valence-corrected chi connectivity index (χ4v) is 5.74. The molecule has 4 aromatic carbocycles. The molecule has 3 heteroatoms. The summed E-state index contributed by atoms with van der Waals surface area (Å²) in [4.78, 5) is 4.86. The molecule has 0 saturated heterocycles. The molecule has 0 amide bonds. The van der Waals surface area contributed by atoms with Crippen molar-refractivity contribution < 1.29 is 4.57 Å². The highest BCUT2D eigenvalue weighted by molar-refractivity contribution is 6.19. The molecular formula is C29H22N3+. The van der Waals surface area contributed by atoms with Gasteiger partial charge in [-0.25, -0.2) is 4.57 Å². The van der Waals surface area contributed by atoms with Crippen LogP contribution in [0, 0.1) is 13.8 Å². The number of hydrogen-bond acceptors (Lipinski definition) is 1. The van der Waals surface area contributed by atoms with Gasteiger partial charge in [-0.1, -0.05) is 60.7 Å². The van der Waals surface area contributed by atoms with Gasteiger partial charge < -0.3 is 4.40 Å². The molecule has 0 aliphatic heterocycles. The van der Waals surface area contributed by atoms with Crippen molar-refractivity contribution in [2.75, 3.05) is 0 Å². The molecule has 0 spiro atoms. The van der Waals surface area contributed by atoms with Gasteiger partial charge in [-0.3, -0.25) is 0 Å². The summed E-state index contributed by atoms with van der Waals surface area (Å²) in [7, 11) is 2.11. The lowest BCUT2D eigenvalue weighted by atomic mass is 9.96. The van der Waals surface area contributed by atoms with Gasteiger partial charge in [0.25, 0.3) is 6.33 Å². The third kappa shape index (κ3) is 2.06. The highest BCUT2D eigenvalue weighted by Crippen LogP contribution is 2.42. The summed E-state index contributed by atoms with van der Waals surface area (Å²) < 4.78 is 4.62. The van der Waals surface area contributed by atoms with E-state index in [9.17, 15) is 0 Å². The Hall–Kier alpha value is -3.98. The van der Waals surface area contributed by atoms with Crippen LogP contribution in [0.4, 0.5) is 0 Å². The molecule has 0 atom stereocenters. The van der Waals surface area contributed by atoms with Crippen molar-refractivity contribution in [3.05, 3.63) is 90.4 Å². The van der Waals surface area contributed by atoms with Crippen LogP contribution in [-0.4, -0.2) is 9.38 Å². The van der Waals surface area contributed by atoms with Crippen molar-refractivity contribution in [2.24, 2.45) is 7.05 Å². The maximum absolute atomic E-state index is 4.86. The summed E-state index contributed by atoms with van der Waals surface area (Å²) in [5.74, 6) is 0. The summed E-state index contributed by atoms with van der Waals surface area (Å²) in [5, 5.41) is 7.65. The fraction of sp³-hybridized carbons (Fsp3) is 0.103. The molecule has 152 valence electrons. The lowest BCUT2D eigenvalue weighted by Crippen LogP contribution is -2.32. The van der Waals surface area contributed by atoms with Gasteiger partial charge >= 0.3 is 0 Å². The Bertz CT molecular complexity index is 1860. The lowest BCUT2D eigenvalue weighted by molar-refractivity contribution is -0.662. The van der Waals surface area contributed by atoms with Crippen molar-refractivity contribution in [2.45, 2.75) is 13.8 Å². The van der Waals surface area contributed by atoms with Gasteiger partial charge in [0.2, 0.25) is 0 Å². The van der Waals surface area contributed by atoms with Crippen molar-refractivity contribution in [1.29, 1.82) is 0 Å².